The zero-order chi connectivity index (χ0) is 20.5. The maximum atomic E-state index is 9.93. The highest BCUT2D eigenvalue weighted by atomic mass is 16.5. The first-order chi connectivity index (χ1) is 14.7. The van der Waals surface area contributed by atoms with Crippen LogP contribution >= 0.6 is 0 Å². The summed E-state index contributed by atoms with van der Waals surface area (Å²) in [5, 5.41) is 18.8. The van der Waals surface area contributed by atoms with E-state index >= 15 is 0 Å². The summed E-state index contributed by atoms with van der Waals surface area (Å²) >= 11 is 0. The van der Waals surface area contributed by atoms with Crippen molar-refractivity contribution in [2.75, 3.05) is 31.2 Å². The molecule has 0 radical (unpaired) electrons. The number of morpholine rings is 1. The molecule has 152 valence electrons. The van der Waals surface area contributed by atoms with Crippen molar-refractivity contribution in [3.8, 4) is 11.8 Å². The lowest BCUT2D eigenvalue weighted by atomic mass is 10.2. The first kappa shape index (κ1) is 18.6. The molecule has 2 fully saturated rings. The second kappa shape index (κ2) is 7.81. The second-order valence-electron chi connectivity index (χ2n) is 7.82. The molecule has 0 unspecified atom stereocenters. The largest absolute Gasteiger partial charge is 0.461 e. The summed E-state index contributed by atoms with van der Waals surface area (Å²) in [6.07, 6.45) is 2.91. The molecule has 3 aromatic rings. The molecule has 2 aromatic heterocycles. The molecule has 2 aliphatic rings. The first-order valence-electron chi connectivity index (χ1n) is 10.3. The highest BCUT2D eigenvalue weighted by Crippen LogP contribution is 2.47. The van der Waals surface area contributed by atoms with Crippen LogP contribution in [0.2, 0.25) is 0 Å². The average molecular weight is 401 g/mol. The Kier molecular flexibility index (Phi) is 4.85. The number of aromatic nitrogens is 3. The van der Waals surface area contributed by atoms with E-state index in [1.807, 2.05) is 47.0 Å². The van der Waals surface area contributed by atoms with Crippen molar-refractivity contribution in [2.24, 2.45) is 5.92 Å². The minimum absolute atomic E-state index is 0.413. The van der Waals surface area contributed by atoms with Crippen LogP contribution in [0, 0.1) is 17.2 Å². The number of nitrogens with zero attached hydrogens (tertiary/aromatic N) is 5. The fourth-order valence-corrected chi connectivity index (χ4v) is 3.89. The van der Waals surface area contributed by atoms with Crippen LogP contribution in [0.25, 0.3) is 17.3 Å². The minimum atomic E-state index is 0.413. The van der Waals surface area contributed by atoms with Gasteiger partial charge in [0, 0.05) is 25.1 Å². The van der Waals surface area contributed by atoms with Gasteiger partial charge in [0.15, 0.2) is 5.82 Å². The predicted octanol–water partition coefficient (Wildman–Crippen LogP) is 3.88. The van der Waals surface area contributed by atoms with Gasteiger partial charge in [0.05, 0.1) is 18.9 Å². The zero-order valence-corrected chi connectivity index (χ0v) is 16.9. The van der Waals surface area contributed by atoms with Crippen LogP contribution in [0.5, 0.6) is 0 Å². The standard InChI is InChI=1S/C23H23N5O2/c1-16-13-20(16)21-8-7-19(30-21)14-17(15-24)22-25-26-23(27-9-11-29-12-10-27)28(22)18-5-3-2-4-6-18/h2-8,14,16,20H,9-13H2,1H3/b17-14+/t16-,20-/m1/s1. The van der Waals surface area contributed by atoms with E-state index in [1.165, 1.54) is 0 Å². The average Bonchev–Trinajstić information content (AvgIpc) is 3.18. The van der Waals surface area contributed by atoms with E-state index in [0.29, 0.717) is 48.2 Å². The van der Waals surface area contributed by atoms with Crippen molar-refractivity contribution in [1.82, 2.24) is 14.8 Å². The number of para-hydroxylation sites is 1. The molecule has 3 heterocycles. The van der Waals surface area contributed by atoms with Gasteiger partial charge in [-0.25, -0.2) is 0 Å². The number of rotatable bonds is 5. The van der Waals surface area contributed by atoms with Crippen LogP contribution in [-0.4, -0.2) is 41.1 Å². The molecule has 0 spiro atoms. The topological polar surface area (TPSA) is 80.1 Å². The lowest BCUT2D eigenvalue weighted by Crippen LogP contribution is -2.38. The maximum absolute atomic E-state index is 9.93. The van der Waals surface area contributed by atoms with Crippen LogP contribution < -0.4 is 4.90 Å². The van der Waals surface area contributed by atoms with E-state index in [4.69, 9.17) is 9.15 Å². The highest BCUT2D eigenvalue weighted by Gasteiger charge is 2.36. The fraction of sp³-hybridized carbons (Fsp3) is 0.348. The molecule has 1 aliphatic carbocycles. The number of ether oxygens (including phenoxy) is 1. The van der Waals surface area contributed by atoms with E-state index in [-0.39, 0.29) is 0 Å². The number of allylic oxidation sites excluding steroid dienone is 1. The van der Waals surface area contributed by atoms with Crippen LogP contribution in [0.1, 0.15) is 36.6 Å². The third kappa shape index (κ3) is 3.51. The van der Waals surface area contributed by atoms with Gasteiger partial charge in [0.25, 0.3) is 0 Å². The highest BCUT2D eigenvalue weighted by molar-refractivity contribution is 5.87. The van der Waals surface area contributed by atoms with Crippen molar-refractivity contribution in [1.29, 1.82) is 5.26 Å². The summed E-state index contributed by atoms with van der Waals surface area (Å²) < 4.78 is 13.4. The molecule has 1 saturated carbocycles. The van der Waals surface area contributed by atoms with Gasteiger partial charge in [0.1, 0.15) is 23.2 Å². The quantitative estimate of drug-likeness (QED) is 0.604. The number of anilines is 1. The zero-order valence-electron chi connectivity index (χ0n) is 16.9. The van der Waals surface area contributed by atoms with Crippen LogP contribution in [0.15, 0.2) is 46.9 Å². The van der Waals surface area contributed by atoms with Crippen molar-refractivity contribution >= 4 is 17.6 Å². The van der Waals surface area contributed by atoms with E-state index in [9.17, 15) is 5.26 Å². The van der Waals surface area contributed by atoms with Crippen molar-refractivity contribution in [2.45, 2.75) is 19.3 Å². The van der Waals surface area contributed by atoms with Gasteiger partial charge < -0.3 is 14.1 Å². The molecule has 7 nitrogen and oxygen atoms in total. The summed E-state index contributed by atoms with van der Waals surface area (Å²) in [6.45, 7) is 4.98. The predicted molar refractivity (Wildman–Crippen MR) is 113 cm³/mol. The van der Waals surface area contributed by atoms with Gasteiger partial charge in [-0.15, -0.1) is 10.2 Å². The number of furan rings is 1. The molecule has 1 aliphatic heterocycles. The Morgan fingerprint density at radius 2 is 1.90 bits per heavy atom. The molecular formula is C23H23N5O2. The Labute approximate surface area is 175 Å². The monoisotopic (exact) mass is 401 g/mol. The Morgan fingerprint density at radius 3 is 2.60 bits per heavy atom. The Morgan fingerprint density at radius 1 is 1.13 bits per heavy atom. The summed E-state index contributed by atoms with van der Waals surface area (Å²) in [5.74, 6) is 4.04. The van der Waals surface area contributed by atoms with Crippen molar-refractivity contribution in [3.63, 3.8) is 0 Å². The molecule has 7 heteroatoms. The summed E-state index contributed by atoms with van der Waals surface area (Å²) in [6, 6.07) is 16.1. The number of hydrogen-bond acceptors (Lipinski definition) is 6. The lowest BCUT2D eigenvalue weighted by Gasteiger charge is -2.28. The van der Waals surface area contributed by atoms with E-state index in [2.05, 4.69) is 28.1 Å². The Hall–Kier alpha value is -3.37. The third-order valence-electron chi connectivity index (χ3n) is 5.72. The molecule has 1 saturated heterocycles. The molecule has 5 rings (SSSR count). The first-order valence-corrected chi connectivity index (χ1v) is 10.3. The molecule has 30 heavy (non-hydrogen) atoms. The van der Waals surface area contributed by atoms with Gasteiger partial charge in [-0.3, -0.25) is 4.57 Å². The lowest BCUT2D eigenvalue weighted by molar-refractivity contribution is 0.122. The number of nitriles is 1. The normalized spacial score (nSPS) is 21.5. The Balaban J connectivity index is 1.56. The van der Waals surface area contributed by atoms with Gasteiger partial charge in [0.2, 0.25) is 5.95 Å². The number of hydrogen-bond donors (Lipinski definition) is 0. The fourth-order valence-electron chi connectivity index (χ4n) is 3.89. The smallest absolute Gasteiger partial charge is 0.232 e. The Bertz CT molecular complexity index is 1100. The van der Waals surface area contributed by atoms with E-state index in [1.54, 1.807) is 6.08 Å². The molecule has 0 bridgehead atoms. The van der Waals surface area contributed by atoms with Gasteiger partial charge in [-0.2, -0.15) is 5.26 Å². The van der Waals surface area contributed by atoms with Gasteiger partial charge in [-0.1, -0.05) is 25.1 Å². The summed E-state index contributed by atoms with van der Waals surface area (Å²) in [7, 11) is 0. The van der Waals surface area contributed by atoms with Gasteiger partial charge >= 0.3 is 0 Å². The number of benzene rings is 1. The molecule has 0 amide bonds. The molecule has 2 atom stereocenters. The van der Waals surface area contributed by atoms with E-state index in [0.717, 1.165) is 31.0 Å². The molecule has 0 N–H and O–H groups in total. The van der Waals surface area contributed by atoms with E-state index < -0.39 is 0 Å². The second-order valence-corrected chi connectivity index (χ2v) is 7.82. The molecular weight excluding hydrogens is 378 g/mol. The van der Waals surface area contributed by atoms with Crippen molar-refractivity contribution < 1.29 is 9.15 Å². The maximum Gasteiger partial charge on any atom is 0.232 e. The summed E-state index contributed by atoms with van der Waals surface area (Å²) in [4.78, 5) is 2.14. The van der Waals surface area contributed by atoms with Crippen molar-refractivity contribution in [3.05, 3.63) is 59.8 Å². The summed E-state index contributed by atoms with van der Waals surface area (Å²) in [5.41, 5.74) is 1.32. The SMILES string of the molecule is C[C@@H]1C[C@H]1c1ccc(/C=C(\C#N)c2nnc(N3CCOCC3)n2-c2ccccc2)o1. The minimum Gasteiger partial charge on any atom is -0.461 e. The van der Waals surface area contributed by atoms with Gasteiger partial charge in [-0.05, 0) is 36.6 Å². The molecule has 1 aromatic carbocycles. The van der Waals surface area contributed by atoms with Crippen LogP contribution in [-0.2, 0) is 4.74 Å². The third-order valence-corrected chi connectivity index (χ3v) is 5.72. The van der Waals surface area contributed by atoms with Crippen LogP contribution in [0.4, 0.5) is 5.95 Å². The van der Waals surface area contributed by atoms with Crippen LogP contribution in [0.3, 0.4) is 0 Å².